The summed E-state index contributed by atoms with van der Waals surface area (Å²) in [6, 6.07) is 6.25. The zero-order valence-corrected chi connectivity index (χ0v) is 11.6. The van der Waals surface area contributed by atoms with Gasteiger partial charge in [-0.2, -0.15) is 0 Å². The summed E-state index contributed by atoms with van der Waals surface area (Å²) in [5.41, 5.74) is 1.17. The highest BCUT2D eigenvalue weighted by atomic mass is 32.1. The second-order valence-corrected chi connectivity index (χ2v) is 5.38. The second-order valence-electron chi connectivity index (χ2n) is 4.40. The van der Waals surface area contributed by atoms with Gasteiger partial charge in [0.05, 0.1) is 13.7 Å². The van der Waals surface area contributed by atoms with Gasteiger partial charge in [-0.3, -0.25) is 0 Å². The molecule has 0 amide bonds. The first-order chi connectivity index (χ1) is 9.36. The van der Waals surface area contributed by atoms with E-state index >= 15 is 0 Å². The van der Waals surface area contributed by atoms with Crippen molar-refractivity contribution in [1.82, 2.24) is 10.3 Å². The lowest BCUT2D eigenvalue weighted by molar-refractivity contribution is 0.251. The Morgan fingerprint density at radius 2 is 2.47 bits per heavy atom. The third kappa shape index (κ3) is 2.72. The molecule has 0 saturated heterocycles. The van der Waals surface area contributed by atoms with Crippen molar-refractivity contribution < 1.29 is 9.47 Å². The summed E-state index contributed by atoms with van der Waals surface area (Å²) in [5.74, 6) is 1.81. The molecule has 1 aromatic heterocycles. The number of ether oxygens (including phenoxy) is 2. The van der Waals surface area contributed by atoms with Crippen LogP contribution in [0.5, 0.6) is 11.5 Å². The van der Waals surface area contributed by atoms with Crippen LogP contribution in [0.1, 0.15) is 23.0 Å². The Balaban J connectivity index is 1.77. The van der Waals surface area contributed by atoms with Crippen LogP contribution in [-0.4, -0.2) is 18.7 Å². The largest absolute Gasteiger partial charge is 0.497 e. The highest BCUT2D eigenvalue weighted by Gasteiger charge is 2.21. The molecule has 0 radical (unpaired) electrons. The van der Waals surface area contributed by atoms with Gasteiger partial charge in [-0.05, 0) is 18.2 Å². The van der Waals surface area contributed by atoms with E-state index in [4.69, 9.17) is 9.47 Å². The predicted octanol–water partition coefficient (Wildman–Crippen LogP) is 2.77. The number of methoxy groups -OCH3 is 1. The maximum absolute atomic E-state index is 5.68. The maximum atomic E-state index is 5.68. The fourth-order valence-electron chi connectivity index (χ4n) is 2.26. The number of rotatable bonds is 4. The summed E-state index contributed by atoms with van der Waals surface area (Å²) < 4.78 is 11.0. The van der Waals surface area contributed by atoms with Gasteiger partial charge in [0.15, 0.2) is 0 Å². The predicted molar refractivity (Wildman–Crippen MR) is 74.8 cm³/mol. The molecule has 3 rings (SSSR count). The summed E-state index contributed by atoms with van der Waals surface area (Å²) in [6.45, 7) is 1.54. The minimum absolute atomic E-state index is 0.294. The lowest BCUT2D eigenvalue weighted by Crippen LogP contribution is -2.26. The smallest absolute Gasteiger partial charge is 0.124 e. The molecule has 1 aromatic carbocycles. The molecule has 4 nitrogen and oxygen atoms in total. The zero-order valence-electron chi connectivity index (χ0n) is 10.8. The van der Waals surface area contributed by atoms with E-state index in [2.05, 4.69) is 10.3 Å². The number of fused-ring (bicyclic) bond motifs is 1. The molecule has 0 fully saturated rings. The molecule has 2 aromatic rings. The topological polar surface area (TPSA) is 43.4 Å². The molecule has 1 N–H and O–H groups in total. The van der Waals surface area contributed by atoms with E-state index < -0.39 is 0 Å². The molecule has 2 heterocycles. The number of nitrogens with one attached hydrogen (secondary N) is 1. The van der Waals surface area contributed by atoms with E-state index in [1.807, 2.05) is 29.8 Å². The summed E-state index contributed by atoms with van der Waals surface area (Å²) in [5, 5.41) is 6.65. The van der Waals surface area contributed by atoms with Gasteiger partial charge in [0, 0.05) is 36.1 Å². The molecule has 0 bridgehead atoms. The van der Waals surface area contributed by atoms with Gasteiger partial charge in [-0.1, -0.05) is 0 Å². The molecular formula is C14H16N2O2S. The van der Waals surface area contributed by atoms with Crippen molar-refractivity contribution in [3.8, 4) is 11.5 Å². The lowest BCUT2D eigenvalue weighted by atomic mass is 10.0. The van der Waals surface area contributed by atoms with Crippen molar-refractivity contribution in [2.75, 3.05) is 13.7 Å². The number of hydrogen-bond acceptors (Lipinski definition) is 5. The van der Waals surface area contributed by atoms with Crippen LogP contribution in [0.2, 0.25) is 0 Å². The molecule has 0 aliphatic carbocycles. The Morgan fingerprint density at radius 3 is 3.26 bits per heavy atom. The van der Waals surface area contributed by atoms with Gasteiger partial charge in [0.1, 0.15) is 16.5 Å². The zero-order chi connectivity index (χ0) is 13.1. The Bertz CT molecular complexity index is 542. The van der Waals surface area contributed by atoms with E-state index in [1.165, 1.54) is 5.56 Å². The van der Waals surface area contributed by atoms with Crippen LogP contribution in [0, 0.1) is 0 Å². The van der Waals surface area contributed by atoms with Crippen LogP contribution in [0.15, 0.2) is 29.8 Å². The van der Waals surface area contributed by atoms with Crippen LogP contribution in [0.25, 0.3) is 0 Å². The van der Waals surface area contributed by atoms with E-state index in [0.717, 1.165) is 36.1 Å². The average molecular weight is 276 g/mol. The van der Waals surface area contributed by atoms with Crippen LogP contribution < -0.4 is 14.8 Å². The van der Waals surface area contributed by atoms with Crippen molar-refractivity contribution in [2.45, 2.75) is 19.0 Å². The van der Waals surface area contributed by atoms with E-state index in [1.54, 1.807) is 18.4 Å². The minimum Gasteiger partial charge on any atom is -0.497 e. The van der Waals surface area contributed by atoms with Crippen LogP contribution >= 0.6 is 11.3 Å². The first kappa shape index (κ1) is 12.4. The Kier molecular flexibility index (Phi) is 3.66. The Morgan fingerprint density at radius 1 is 1.53 bits per heavy atom. The van der Waals surface area contributed by atoms with Crippen LogP contribution in [0.3, 0.4) is 0 Å². The molecule has 1 unspecified atom stereocenters. The van der Waals surface area contributed by atoms with Crippen molar-refractivity contribution in [1.29, 1.82) is 0 Å². The normalized spacial score (nSPS) is 17.6. The van der Waals surface area contributed by atoms with Gasteiger partial charge < -0.3 is 14.8 Å². The first-order valence-electron chi connectivity index (χ1n) is 6.29. The molecule has 1 atom stereocenters. The molecule has 0 saturated carbocycles. The molecule has 5 heteroatoms. The Hall–Kier alpha value is -1.59. The van der Waals surface area contributed by atoms with Crippen molar-refractivity contribution in [3.63, 3.8) is 0 Å². The number of nitrogens with zero attached hydrogens (tertiary/aromatic N) is 1. The molecule has 100 valence electrons. The summed E-state index contributed by atoms with van der Waals surface area (Å²) in [4.78, 5) is 4.29. The maximum Gasteiger partial charge on any atom is 0.124 e. The van der Waals surface area contributed by atoms with E-state index in [-0.39, 0.29) is 0 Å². The fourth-order valence-corrected chi connectivity index (χ4v) is 2.83. The van der Waals surface area contributed by atoms with Crippen molar-refractivity contribution in [2.24, 2.45) is 0 Å². The fraction of sp³-hybridized carbons (Fsp3) is 0.357. The molecule has 1 aliphatic rings. The number of aromatic nitrogens is 1. The second kappa shape index (κ2) is 5.59. The standard InChI is InChI=1S/C14H16N2O2S/c1-17-10-2-3-13-11(8-10)12(4-6-18-13)16-9-14-15-5-7-19-14/h2-3,5,7-8,12,16H,4,6,9H2,1H3. The summed E-state index contributed by atoms with van der Waals surface area (Å²) in [6.07, 6.45) is 2.80. The monoisotopic (exact) mass is 276 g/mol. The first-order valence-corrected chi connectivity index (χ1v) is 7.17. The number of benzene rings is 1. The molecule has 1 aliphatic heterocycles. The van der Waals surface area contributed by atoms with Gasteiger partial charge in [0.2, 0.25) is 0 Å². The number of hydrogen-bond donors (Lipinski definition) is 1. The van der Waals surface area contributed by atoms with Crippen LogP contribution in [-0.2, 0) is 6.54 Å². The summed E-state index contributed by atoms with van der Waals surface area (Å²) >= 11 is 1.67. The highest BCUT2D eigenvalue weighted by Crippen LogP contribution is 2.34. The van der Waals surface area contributed by atoms with Gasteiger partial charge in [-0.15, -0.1) is 11.3 Å². The quantitative estimate of drug-likeness (QED) is 0.932. The SMILES string of the molecule is COc1ccc2c(c1)C(NCc1nccs1)CCO2. The van der Waals surface area contributed by atoms with Crippen molar-refractivity contribution in [3.05, 3.63) is 40.3 Å². The minimum atomic E-state index is 0.294. The number of thiazole rings is 1. The highest BCUT2D eigenvalue weighted by molar-refractivity contribution is 7.09. The average Bonchev–Trinajstić information content (AvgIpc) is 2.97. The van der Waals surface area contributed by atoms with Crippen LogP contribution in [0.4, 0.5) is 0 Å². The Labute approximate surface area is 116 Å². The third-order valence-corrected chi connectivity index (χ3v) is 4.02. The van der Waals surface area contributed by atoms with Gasteiger partial charge in [0.25, 0.3) is 0 Å². The van der Waals surface area contributed by atoms with Gasteiger partial charge >= 0.3 is 0 Å². The third-order valence-electron chi connectivity index (χ3n) is 3.24. The molecule has 0 spiro atoms. The summed E-state index contributed by atoms with van der Waals surface area (Å²) in [7, 11) is 1.68. The molecule has 19 heavy (non-hydrogen) atoms. The van der Waals surface area contributed by atoms with Gasteiger partial charge in [-0.25, -0.2) is 4.98 Å². The lowest BCUT2D eigenvalue weighted by Gasteiger charge is -2.27. The van der Waals surface area contributed by atoms with Crippen molar-refractivity contribution >= 4 is 11.3 Å². The van der Waals surface area contributed by atoms with E-state index in [9.17, 15) is 0 Å². The molecular weight excluding hydrogens is 260 g/mol. The van der Waals surface area contributed by atoms with E-state index in [0.29, 0.717) is 6.04 Å².